The number of carbonyl (C=O) groups excluding carboxylic acids is 1. The summed E-state index contributed by atoms with van der Waals surface area (Å²) in [5.74, 6) is -0.525. The third kappa shape index (κ3) is 3.26. The molecule has 5 heteroatoms. The highest BCUT2D eigenvalue weighted by molar-refractivity contribution is 9.10. The van der Waals surface area contributed by atoms with E-state index in [9.17, 15) is 14.3 Å². The molecule has 1 aliphatic carbocycles. The van der Waals surface area contributed by atoms with Gasteiger partial charge in [-0.15, -0.1) is 0 Å². The second-order valence-electron chi connectivity index (χ2n) is 4.24. The molecular weight excluding hydrogens is 289 g/mol. The van der Waals surface area contributed by atoms with Crippen LogP contribution in [0.15, 0.2) is 22.7 Å². The van der Waals surface area contributed by atoms with E-state index in [1.54, 1.807) is 0 Å². The average molecular weight is 302 g/mol. The first-order valence-corrected chi connectivity index (χ1v) is 6.28. The van der Waals surface area contributed by atoms with Crippen molar-refractivity contribution in [3.63, 3.8) is 0 Å². The van der Waals surface area contributed by atoms with Gasteiger partial charge in [-0.25, -0.2) is 4.39 Å². The maximum Gasteiger partial charge on any atom is 0.252 e. The van der Waals surface area contributed by atoms with Gasteiger partial charge in [0.15, 0.2) is 0 Å². The smallest absolute Gasteiger partial charge is 0.252 e. The highest BCUT2D eigenvalue weighted by Gasteiger charge is 2.29. The van der Waals surface area contributed by atoms with Crippen LogP contribution in [-0.4, -0.2) is 23.7 Å². The van der Waals surface area contributed by atoms with Crippen LogP contribution < -0.4 is 5.32 Å². The van der Waals surface area contributed by atoms with Gasteiger partial charge in [-0.3, -0.25) is 4.79 Å². The number of carbonyl (C=O) groups is 1. The third-order valence-electron chi connectivity index (χ3n) is 2.81. The van der Waals surface area contributed by atoms with Crippen molar-refractivity contribution in [3.8, 4) is 0 Å². The predicted octanol–water partition coefficient (Wildman–Crippen LogP) is 2.09. The van der Waals surface area contributed by atoms with Crippen LogP contribution in [0.2, 0.25) is 0 Å². The van der Waals surface area contributed by atoms with Gasteiger partial charge in [0.2, 0.25) is 0 Å². The van der Waals surface area contributed by atoms with E-state index in [0.29, 0.717) is 10.4 Å². The minimum atomic E-state index is -0.494. The second kappa shape index (κ2) is 5.14. The van der Waals surface area contributed by atoms with Gasteiger partial charge in [-0.1, -0.05) is 0 Å². The van der Waals surface area contributed by atoms with E-state index in [0.717, 1.165) is 12.8 Å². The molecule has 1 aliphatic rings. The molecule has 0 heterocycles. The lowest BCUT2D eigenvalue weighted by Crippen LogP contribution is -2.33. The van der Waals surface area contributed by atoms with Gasteiger partial charge in [0, 0.05) is 11.0 Å². The minimum absolute atomic E-state index is 0.215. The molecule has 1 aromatic carbocycles. The van der Waals surface area contributed by atoms with E-state index in [1.165, 1.54) is 18.2 Å². The number of aliphatic hydroxyl groups excluding tert-OH is 1. The van der Waals surface area contributed by atoms with E-state index in [-0.39, 0.29) is 18.0 Å². The monoisotopic (exact) mass is 301 g/mol. The lowest BCUT2D eigenvalue weighted by molar-refractivity contribution is 0.0900. The lowest BCUT2D eigenvalue weighted by Gasteiger charge is -2.11. The van der Waals surface area contributed by atoms with Gasteiger partial charge >= 0.3 is 0 Å². The van der Waals surface area contributed by atoms with Crippen LogP contribution in [0.25, 0.3) is 0 Å². The van der Waals surface area contributed by atoms with Crippen molar-refractivity contribution in [1.82, 2.24) is 5.32 Å². The Hall–Kier alpha value is -0.940. The number of benzene rings is 1. The van der Waals surface area contributed by atoms with Crippen LogP contribution in [0.5, 0.6) is 0 Å². The van der Waals surface area contributed by atoms with Gasteiger partial charge < -0.3 is 10.4 Å². The fourth-order valence-corrected chi connectivity index (χ4v) is 2.04. The predicted molar refractivity (Wildman–Crippen MR) is 65.2 cm³/mol. The van der Waals surface area contributed by atoms with E-state index in [4.69, 9.17) is 0 Å². The maximum atomic E-state index is 13.0. The molecule has 0 bridgehead atoms. The molecule has 17 heavy (non-hydrogen) atoms. The Bertz CT molecular complexity index is 435. The molecule has 0 spiro atoms. The largest absolute Gasteiger partial charge is 0.391 e. The number of halogens is 2. The second-order valence-corrected chi connectivity index (χ2v) is 5.09. The zero-order valence-electron chi connectivity index (χ0n) is 9.12. The summed E-state index contributed by atoms with van der Waals surface area (Å²) >= 11 is 3.19. The molecule has 0 aromatic heterocycles. The summed E-state index contributed by atoms with van der Waals surface area (Å²) < 4.78 is 13.5. The Morgan fingerprint density at radius 1 is 1.59 bits per heavy atom. The molecule has 1 fully saturated rings. The van der Waals surface area contributed by atoms with Crippen molar-refractivity contribution in [2.24, 2.45) is 5.92 Å². The molecule has 1 atom stereocenters. The quantitative estimate of drug-likeness (QED) is 0.895. The number of hydrogen-bond acceptors (Lipinski definition) is 2. The zero-order chi connectivity index (χ0) is 12.4. The van der Waals surface area contributed by atoms with E-state index in [1.807, 2.05) is 0 Å². The van der Waals surface area contributed by atoms with Gasteiger partial charge in [-0.05, 0) is 52.9 Å². The average Bonchev–Trinajstić information content (AvgIpc) is 3.12. The summed E-state index contributed by atoms with van der Waals surface area (Å²) in [5.41, 5.74) is 0.244. The SMILES string of the molecule is O=C(NCC(O)C1CC1)c1cc(F)ccc1Br. The topological polar surface area (TPSA) is 49.3 Å². The Morgan fingerprint density at radius 3 is 2.94 bits per heavy atom. The Morgan fingerprint density at radius 2 is 2.29 bits per heavy atom. The zero-order valence-corrected chi connectivity index (χ0v) is 10.7. The molecule has 0 radical (unpaired) electrons. The number of amides is 1. The summed E-state index contributed by atoms with van der Waals surface area (Å²) in [4.78, 5) is 11.7. The van der Waals surface area contributed by atoms with Crippen molar-refractivity contribution in [2.75, 3.05) is 6.54 Å². The summed E-state index contributed by atoms with van der Waals surface area (Å²) in [5, 5.41) is 12.2. The molecule has 1 saturated carbocycles. The molecule has 1 aromatic rings. The molecule has 2 N–H and O–H groups in total. The molecule has 0 aliphatic heterocycles. The Labute approximate surface area is 107 Å². The summed E-state index contributed by atoms with van der Waals surface area (Å²) in [7, 11) is 0. The Balaban J connectivity index is 1.96. The van der Waals surface area contributed by atoms with Crippen molar-refractivity contribution >= 4 is 21.8 Å². The summed E-state index contributed by atoms with van der Waals surface area (Å²) in [6, 6.07) is 3.93. The molecule has 1 amide bonds. The van der Waals surface area contributed by atoms with Crippen LogP contribution in [0.4, 0.5) is 4.39 Å². The van der Waals surface area contributed by atoms with E-state index >= 15 is 0 Å². The Kier molecular flexibility index (Phi) is 3.79. The molecule has 2 rings (SSSR count). The van der Waals surface area contributed by atoms with Crippen LogP contribution in [0, 0.1) is 11.7 Å². The molecular formula is C12H13BrFNO2. The normalized spacial score (nSPS) is 16.6. The van der Waals surface area contributed by atoms with Gasteiger partial charge in [0.25, 0.3) is 5.91 Å². The number of nitrogens with one attached hydrogen (secondary N) is 1. The van der Waals surface area contributed by atoms with Crippen LogP contribution in [0.1, 0.15) is 23.2 Å². The lowest BCUT2D eigenvalue weighted by atomic mass is 10.2. The molecule has 3 nitrogen and oxygen atoms in total. The first-order valence-electron chi connectivity index (χ1n) is 5.49. The van der Waals surface area contributed by atoms with E-state index < -0.39 is 11.9 Å². The van der Waals surface area contributed by atoms with Crippen molar-refractivity contribution in [1.29, 1.82) is 0 Å². The summed E-state index contributed by atoms with van der Waals surface area (Å²) in [6.45, 7) is 0.215. The van der Waals surface area contributed by atoms with Crippen molar-refractivity contribution < 1.29 is 14.3 Å². The van der Waals surface area contributed by atoms with Crippen LogP contribution >= 0.6 is 15.9 Å². The van der Waals surface area contributed by atoms with Crippen molar-refractivity contribution in [2.45, 2.75) is 18.9 Å². The molecule has 92 valence electrons. The van der Waals surface area contributed by atoms with Crippen LogP contribution in [-0.2, 0) is 0 Å². The van der Waals surface area contributed by atoms with E-state index in [2.05, 4.69) is 21.2 Å². The first kappa shape index (κ1) is 12.5. The number of rotatable bonds is 4. The van der Waals surface area contributed by atoms with Crippen LogP contribution in [0.3, 0.4) is 0 Å². The maximum absolute atomic E-state index is 13.0. The minimum Gasteiger partial charge on any atom is -0.391 e. The third-order valence-corrected chi connectivity index (χ3v) is 3.50. The highest BCUT2D eigenvalue weighted by Crippen LogP contribution is 2.32. The summed E-state index contributed by atoms with van der Waals surface area (Å²) in [6.07, 6.45) is 1.53. The fourth-order valence-electron chi connectivity index (χ4n) is 1.61. The fraction of sp³-hybridized carbons (Fsp3) is 0.417. The molecule has 0 saturated heterocycles. The molecule has 1 unspecified atom stereocenters. The van der Waals surface area contributed by atoms with Gasteiger partial charge in [-0.2, -0.15) is 0 Å². The number of hydrogen-bond donors (Lipinski definition) is 2. The van der Waals surface area contributed by atoms with Gasteiger partial charge in [0.1, 0.15) is 5.82 Å². The van der Waals surface area contributed by atoms with Gasteiger partial charge in [0.05, 0.1) is 11.7 Å². The highest BCUT2D eigenvalue weighted by atomic mass is 79.9. The standard InChI is InChI=1S/C12H13BrFNO2/c13-10-4-3-8(14)5-9(10)12(17)15-6-11(16)7-1-2-7/h3-5,7,11,16H,1-2,6H2,(H,15,17). The first-order chi connectivity index (χ1) is 8.08. The number of aliphatic hydroxyl groups is 1. The van der Waals surface area contributed by atoms with Crippen molar-refractivity contribution in [3.05, 3.63) is 34.1 Å².